The smallest absolute Gasteiger partial charge is 0.364 e. The van der Waals surface area contributed by atoms with Crippen LogP contribution in [0.15, 0.2) is 16.9 Å². The molecule has 19 heavy (non-hydrogen) atoms. The van der Waals surface area contributed by atoms with Crippen molar-refractivity contribution in [2.24, 2.45) is 5.92 Å². The molecule has 1 atom stereocenters. The lowest BCUT2D eigenvalue weighted by Gasteiger charge is -2.15. The summed E-state index contributed by atoms with van der Waals surface area (Å²) in [6, 6.07) is 3.63. The van der Waals surface area contributed by atoms with Crippen LogP contribution in [0.2, 0.25) is 0 Å². The normalized spacial score (nSPS) is 12.7. The third-order valence-electron chi connectivity index (χ3n) is 3.39. The number of aromatic amines is 1. The predicted molar refractivity (Wildman–Crippen MR) is 75.4 cm³/mol. The predicted octanol–water partition coefficient (Wildman–Crippen LogP) is 2.05. The third kappa shape index (κ3) is 3.33. The van der Waals surface area contributed by atoms with Crippen LogP contribution in [0.4, 0.5) is 5.82 Å². The van der Waals surface area contributed by atoms with Crippen molar-refractivity contribution in [2.45, 2.75) is 39.5 Å². The summed E-state index contributed by atoms with van der Waals surface area (Å²) in [5.74, 6) is 1.37. The van der Waals surface area contributed by atoms with Gasteiger partial charge in [0.25, 0.3) is 0 Å². The van der Waals surface area contributed by atoms with Gasteiger partial charge in [0.2, 0.25) is 0 Å². The highest BCUT2D eigenvalue weighted by molar-refractivity contribution is 5.42. The SMILES string of the molecule is CCCCC(CC)CNc1ccc2n[nH]c(=O)n2n1. The van der Waals surface area contributed by atoms with E-state index < -0.39 is 0 Å². The molecule has 2 N–H and O–H groups in total. The minimum Gasteiger partial charge on any atom is -0.368 e. The molecule has 0 saturated carbocycles. The Balaban J connectivity index is 2.00. The number of rotatable bonds is 7. The van der Waals surface area contributed by atoms with Gasteiger partial charge in [-0.25, -0.2) is 9.89 Å². The fraction of sp³-hybridized carbons (Fsp3) is 0.615. The molecule has 2 rings (SSSR count). The Morgan fingerprint density at radius 3 is 3.00 bits per heavy atom. The number of hydrogen-bond donors (Lipinski definition) is 2. The van der Waals surface area contributed by atoms with Crippen molar-refractivity contribution in [2.75, 3.05) is 11.9 Å². The average Bonchev–Trinajstić information content (AvgIpc) is 2.80. The molecule has 0 spiro atoms. The van der Waals surface area contributed by atoms with Gasteiger partial charge in [0.05, 0.1) is 0 Å². The van der Waals surface area contributed by atoms with Crippen LogP contribution < -0.4 is 11.0 Å². The lowest BCUT2D eigenvalue weighted by atomic mass is 9.99. The summed E-state index contributed by atoms with van der Waals surface area (Å²) in [6.07, 6.45) is 4.87. The number of aromatic nitrogens is 4. The molecule has 0 fully saturated rings. The summed E-state index contributed by atoms with van der Waals surface area (Å²) in [4.78, 5) is 11.4. The highest BCUT2D eigenvalue weighted by atomic mass is 16.2. The molecule has 0 amide bonds. The molecule has 0 aliphatic heterocycles. The second-order valence-electron chi connectivity index (χ2n) is 4.81. The lowest BCUT2D eigenvalue weighted by Crippen LogP contribution is -2.17. The van der Waals surface area contributed by atoms with E-state index in [0.29, 0.717) is 17.4 Å². The van der Waals surface area contributed by atoms with Gasteiger partial charge in [0.15, 0.2) is 5.65 Å². The van der Waals surface area contributed by atoms with Crippen molar-refractivity contribution in [3.63, 3.8) is 0 Å². The quantitative estimate of drug-likeness (QED) is 0.801. The number of H-pyrrole nitrogens is 1. The summed E-state index contributed by atoms with van der Waals surface area (Å²) < 4.78 is 1.27. The Labute approximate surface area is 112 Å². The molecule has 2 heterocycles. The molecule has 0 radical (unpaired) electrons. The number of nitrogens with zero attached hydrogens (tertiary/aromatic N) is 3. The minimum atomic E-state index is -0.309. The molecular formula is C13H21N5O. The number of unbranched alkanes of at least 4 members (excludes halogenated alkanes) is 1. The van der Waals surface area contributed by atoms with Crippen molar-refractivity contribution < 1.29 is 0 Å². The molecule has 0 saturated heterocycles. The van der Waals surface area contributed by atoms with Crippen molar-refractivity contribution in [1.82, 2.24) is 19.8 Å². The van der Waals surface area contributed by atoms with Crippen molar-refractivity contribution in [3.8, 4) is 0 Å². The van der Waals surface area contributed by atoms with E-state index in [0.717, 1.165) is 13.0 Å². The molecule has 1 unspecified atom stereocenters. The van der Waals surface area contributed by atoms with Crippen LogP contribution in [0, 0.1) is 5.92 Å². The highest BCUT2D eigenvalue weighted by Gasteiger charge is 2.07. The lowest BCUT2D eigenvalue weighted by molar-refractivity contribution is 0.472. The van der Waals surface area contributed by atoms with Crippen LogP contribution in [0.3, 0.4) is 0 Å². The molecule has 0 aliphatic carbocycles. The van der Waals surface area contributed by atoms with Gasteiger partial charge in [-0.3, -0.25) is 0 Å². The maximum Gasteiger partial charge on any atom is 0.364 e. The number of anilines is 1. The van der Waals surface area contributed by atoms with Crippen LogP contribution in [0.25, 0.3) is 5.65 Å². The summed E-state index contributed by atoms with van der Waals surface area (Å²) in [6.45, 7) is 5.31. The van der Waals surface area contributed by atoms with E-state index in [1.54, 1.807) is 6.07 Å². The van der Waals surface area contributed by atoms with Gasteiger partial charge >= 0.3 is 5.69 Å². The van der Waals surface area contributed by atoms with Crippen molar-refractivity contribution >= 4 is 11.5 Å². The zero-order chi connectivity index (χ0) is 13.7. The third-order valence-corrected chi connectivity index (χ3v) is 3.39. The van der Waals surface area contributed by atoms with Crippen LogP contribution in [0.5, 0.6) is 0 Å². The number of fused-ring (bicyclic) bond motifs is 1. The van der Waals surface area contributed by atoms with E-state index in [4.69, 9.17) is 0 Å². The Morgan fingerprint density at radius 1 is 1.42 bits per heavy atom. The van der Waals surface area contributed by atoms with E-state index >= 15 is 0 Å². The van der Waals surface area contributed by atoms with Crippen LogP contribution in [-0.2, 0) is 0 Å². The monoisotopic (exact) mass is 263 g/mol. The van der Waals surface area contributed by atoms with E-state index in [1.807, 2.05) is 6.07 Å². The fourth-order valence-electron chi connectivity index (χ4n) is 2.09. The molecule has 6 heteroatoms. The van der Waals surface area contributed by atoms with E-state index in [2.05, 4.69) is 34.5 Å². The van der Waals surface area contributed by atoms with Crippen LogP contribution in [0.1, 0.15) is 39.5 Å². The Kier molecular flexibility index (Phi) is 4.54. The van der Waals surface area contributed by atoms with Gasteiger partial charge in [0.1, 0.15) is 5.82 Å². The van der Waals surface area contributed by atoms with Crippen LogP contribution >= 0.6 is 0 Å². The maximum absolute atomic E-state index is 11.4. The molecule has 2 aromatic rings. The number of hydrogen-bond acceptors (Lipinski definition) is 4. The standard InChI is InChI=1S/C13H21N5O/c1-3-5-6-10(4-2)9-14-11-7-8-12-15-16-13(19)18(12)17-11/h7-8,10H,3-6,9H2,1-2H3,(H,14,17)(H,16,19). The first-order chi connectivity index (χ1) is 9.24. The van der Waals surface area contributed by atoms with E-state index in [-0.39, 0.29) is 5.69 Å². The van der Waals surface area contributed by atoms with Crippen molar-refractivity contribution in [3.05, 3.63) is 22.6 Å². The minimum absolute atomic E-state index is 0.309. The van der Waals surface area contributed by atoms with Crippen LogP contribution in [-0.4, -0.2) is 26.4 Å². The summed E-state index contributed by atoms with van der Waals surface area (Å²) in [7, 11) is 0. The molecule has 0 bridgehead atoms. The van der Waals surface area contributed by atoms with Gasteiger partial charge < -0.3 is 5.32 Å². The Hall–Kier alpha value is -1.85. The van der Waals surface area contributed by atoms with E-state index in [1.165, 1.54) is 23.8 Å². The first kappa shape index (κ1) is 13.6. The maximum atomic E-state index is 11.4. The molecule has 2 aromatic heterocycles. The van der Waals surface area contributed by atoms with E-state index in [9.17, 15) is 4.79 Å². The van der Waals surface area contributed by atoms with Gasteiger partial charge in [0, 0.05) is 6.54 Å². The molecular weight excluding hydrogens is 242 g/mol. The molecule has 104 valence electrons. The summed E-state index contributed by atoms with van der Waals surface area (Å²) in [5, 5.41) is 13.7. The molecule has 0 aliphatic rings. The Morgan fingerprint density at radius 2 is 2.26 bits per heavy atom. The summed E-state index contributed by atoms with van der Waals surface area (Å²) in [5.41, 5.74) is 0.227. The zero-order valence-corrected chi connectivity index (χ0v) is 11.5. The second-order valence-corrected chi connectivity index (χ2v) is 4.81. The first-order valence-electron chi connectivity index (χ1n) is 6.93. The molecule has 0 aromatic carbocycles. The van der Waals surface area contributed by atoms with Gasteiger partial charge in [-0.05, 0) is 24.5 Å². The topological polar surface area (TPSA) is 75.1 Å². The van der Waals surface area contributed by atoms with Crippen molar-refractivity contribution in [1.29, 1.82) is 0 Å². The molecule has 6 nitrogen and oxygen atoms in total. The second kappa shape index (κ2) is 6.36. The number of nitrogens with one attached hydrogen (secondary N) is 2. The first-order valence-corrected chi connectivity index (χ1v) is 6.93. The highest BCUT2D eigenvalue weighted by Crippen LogP contribution is 2.13. The van der Waals surface area contributed by atoms with Gasteiger partial charge in [-0.1, -0.05) is 33.1 Å². The fourth-order valence-corrected chi connectivity index (χ4v) is 2.09. The Bertz CT molecular complexity index is 574. The summed E-state index contributed by atoms with van der Waals surface area (Å²) >= 11 is 0. The zero-order valence-electron chi connectivity index (χ0n) is 11.5. The average molecular weight is 263 g/mol. The van der Waals surface area contributed by atoms with Gasteiger partial charge in [-0.15, -0.1) is 5.10 Å². The van der Waals surface area contributed by atoms with Gasteiger partial charge in [-0.2, -0.15) is 9.61 Å². The largest absolute Gasteiger partial charge is 0.368 e.